The van der Waals surface area contributed by atoms with Crippen LogP contribution in [0, 0.1) is 0 Å². The Morgan fingerprint density at radius 2 is 1.43 bits per heavy atom. The molecule has 0 aliphatic heterocycles. The van der Waals surface area contributed by atoms with Gasteiger partial charge >= 0.3 is 5.97 Å². The molecule has 5 unspecified atom stereocenters. The van der Waals surface area contributed by atoms with Crippen LogP contribution in [0.5, 0.6) is 0 Å². The van der Waals surface area contributed by atoms with Crippen LogP contribution in [0.15, 0.2) is 0 Å². The zero-order chi connectivity index (χ0) is 23.6. The van der Waals surface area contributed by atoms with Crippen molar-refractivity contribution in [3.05, 3.63) is 0 Å². The highest BCUT2D eigenvalue weighted by molar-refractivity contribution is 5.95. The fraction of sp³-hybridized carbons (Fsp3) is 0.625. The summed E-state index contributed by atoms with van der Waals surface area (Å²) in [6.45, 7) is 2.35. The molecule has 0 aromatic carbocycles. The summed E-state index contributed by atoms with van der Waals surface area (Å²) in [6, 6.07) is -5.62. The number of carboxylic acids is 1. The highest BCUT2D eigenvalue weighted by atomic mass is 16.4. The third kappa shape index (κ3) is 9.79. The van der Waals surface area contributed by atoms with E-state index in [-0.39, 0.29) is 12.8 Å². The van der Waals surface area contributed by atoms with E-state index < -0.39 is 72.2 Å². The number of aliphatic hydroxyl groups excluding tert-OH is 1. The van der Waals surface area contributed by atoms with Crippen molar-refractivity contribution in [3.8, 4) is 0 Å². The fourth-order valence-corrected chi connectivity index (χ4v) is 2.17. The first-order valence-electron chi connectivity index (χ1n) is 8.90. The number of carbonyl (C=O) groups excluding carboxylic acids is 5. The summed E-state index contributed by atoms with van der Waals surface area (Å²) in [7, 11) is 0. The molecule has 0 heterocycles. The molecule has 0 radical (unpaired) electrons. The zero-order valence-electron chi connectivity index (χ0n) is 16.6. The predicted octanol–water partition coefficient (Wildman–Crippen LogP) is -4.61. The van der Waals surface area contributed by atoms with Gasteiger partial charge in [-0.15, -0.1) is 0 Å². The van der Waals surface area contributed by atoms with Crippen LogP contribution in [-0.2, 0) is 28.8 Å². The topological polar surface area (TPSA) is 257 Å². The van der Waals surface area contributed by atoms with Gasteiger partial charge in [0.1, 0.15) is 18.1 Å². The minimum atomic E-state index is -1.56. The van der Waals surface area contributed by atoms with Gasteiger partial charge < -0.3 is 43.4 Å². The minimum absolute atomic E-state index is 0.268. The third-order valence-corrected chi connectivity index (χ3v) is 3.86. The van der Waals surface area contributed by atoms with E-state index in [1.165, 1.54) is 13.8 Å². The van der Waals surface area contributed by atoms with E-state index in [4.69, 9.17) is 22.3 Å². The highest BCUT2D eigenvalue weighted by Gasteiger charge is 2.32. The van der Waals surface area contributed by atoms with Crippen LogP contribution in [0.4, 0.5) is 0 Å². The molecule has 5 amide bonds. The first-order valence-corrected chi connectivity index (χ1v) is 8.90. The molecule has 11 N–H and O–H groups in total. The number of hydrogen-bond donors (Lipinski definition) is 8. The lowest BCUT2D eigenvalue weighted by Crippen LogP contribution is -2.59. The molecule has 0 bridgehead atoms. The molecule has 0 spiro atoms. The van der Waals surface area contributed by atoms with Gasteiger partial charge in [0.05, 0.1) is 18.6 Å². The van der Waals surface area contributed by atoms with Crippen molar-refractivity contribution in [2.24, 2.45) is 17.2 Å². The maximum atomic E-state index is 12.6. The average molecular weight is 432 g/mol. The van der Waals surface area contributed by atoms with Gasteiger partial charge in [-0.1, -0.05) is 0 Å². The lowest BCUT2D eigenvalue weighted by Gasteiger charge is -2.25. The Kier molecular flexibility index (Phi) is 11.0. The number of amides is 5. The van der Waals surface area contributed by atoms with Gasteiger partial charge in [0.15, 0.2) is 0 Å². The minimum Gasteiger partial charge on any atom is -0.480 e. The van der Waals surface area contributed by atoms with Gasteiger partial charge in [0, 0.05) is 6.42 Å². The molecule has 0 aromatic rings. The number of carbonyl (C=O) groups is 6. The van der Waals surface area contributed by atoms with Crippen LogP contribution in [0.3, 0.4) is 0 Å². The Morgan fingerprint density at radius 3 is 1.87 bits per heavy atom. The van der Waals surface area contributed by atoms with Crippen LogP contribution >= 0.6 is 0 Å². The monoisotopic (exact) mass is 432 g/mol. The number of rotatable bonds is 13. The number of nitrogens with two attached hydrogens (primary N) is 3. The van der Waals surface area contributed by atoms with Crippen LogP contribution in [0.1, 0.15) is 33.1 Å². The van der Waals surface area contributed by atoms with Gasteiger partial charge in [-0.2, -0.15) is 0 Å². The lowest BCUT2D eigenvalue weighted by atomic mass is 10.1. The third-order valence-electron chi connectivity index (χ3n) is 3.86. The van der Waals surface area contributed by atoms with Crippen molar-refractivity contribution in [1.82, 2.24) is 16.0 Å². The summed E-state index contributed by atoms with van der Waals surface area (Å²) in [5, 5.41) is 25.1. The highest BCUT2D eigenvalue weighted by Crippen LogP contribution is 2.03. The molecule has 0 aliphatic rings. The Balaban J connectivity index is 5.36. The molecule has 0 aromatic heterocycles. The van der Waals surface area contributed by atoms with Crippen molar-refractivity contribution >= 4 is 35.5 Å². The Hall–Kier alpha value is -3.26. The second-order valence-corrected chi connectivity index (χ2v) is 6.64. The summed E-state index contributed by atoms with van der Waals surface area (Å²) < 4.78 is 0. The summed E-state index contributed by atoms with van der Waals surface area (Å²) in [5.41, 5.74) is 15.5. The summed E-state index contributed by atoms with van der Waals surface area (Å²) in [6.07, 6.45) is -2.51. The number of hydrogen-bond acceptors (Lipinski definition) is 8. The van der Waals surface area contributed by atoms with Crippen LogP contribution in [-0.4, -0.2) is 76.0 Å². The molecule has 0 fully saturated rings. The largest absolute Gasteiger partial charge is 0.480 e. The Labute approximate surface area is 171 Å². The van der Waals surface area contributed by atoms with Gasteiger partial charge in [-0.25, -0.2) is 0 Å². The maximum absolute atomic E-state index is 12.6. The predicted molar refractivity (Wildman–Crippen MR) is 101 cm³/mol. The standard InChI is InChI=1S/C16H28N6O8/c1-6(16(29)30)20-15(28)12(7(2)23)22-14(27)9(3-4-10(18)24)21-13(26)8(17)5-11(19)25/h6-9,12,23H,3-5,17H2,1-2H3,(H2,18,24)(H2,19,25)(H,20,28)(H,21,26)(H,22,27)(H,29,30). The van der Waals surface area contributed by atoms with Crippen molar-refractivity contribution in [2.75, 3.05) is 0 Å². The fourth-order valence-electron chi connectivity index (χ4n) is 2.17. The average Bonchev–Trinajstić information content (AvgIpc) is 2.61. The number of carboxylic acid groups (broad SMARTS) is 1. The molecule has 0 saturated heterocycles. The molecule has 5 atom stereocenters. The molecule has 0 rings (SSSR count). The zero-order valence-corrected chi connectivity index (χ0v) is 16.6. The second kappa shape index (κ2) is 12.3. The summed E-state index contributed by atoms with van der Waals surface area (Å²) in [4.78, 5) is 69.6. The first-order chi connectivity index (χ1) is 13.8. The molecule has 30 heavy (non-hydrogen) atoms. The number of aliphatic hydroxyl groups is 1. The number of nitrogens with one attached hydrogen (secondary N) is 3. The summed E-state index contributed by atoms with van der Waals surface area (Å²) >= 11 is 0. The van der Waals surface area contributed by atoms with Gasteiger partial charge in [-0.3, -0.25) is 28.8 Å². The van der Waals surface area contributed by atoms with Crippen molar-refractivity contribution in [1.29, 1.82) is 0 Å². The van der Waals surface area contributed by atoms with Crippen LogP contribution in [0.25, 0.3) is 0 Å². The Morgan fingerprint density at radius 1 is 0.867 bits per heavy atom. The molecule has 14 nitrogen and oxygen atoms in total. The van der Waals surface area contributed by atoms with E-state index in [1.807, 2.05) is 0 Å². The van der Waals surface area contributed by atoms with E-state index >= 15 is 0 Å². The van der Waals surface area contributed by atoms with Gasteiger partial charge in [-0.05, 0) is 20.3 Å². The molecular formula is C16H28N6O8. The summed E-state index contributed by atoms with van der Waals surface area (Å²) in [5.74, 6) is -5.85. The lowest BCUT2D eigenvalue weighted by molar-refractivity contribution is -0.142. The van der Waals surface area contributed by atoms with E-state index in [2.05, 4.69) is 16.0 Å². The van der Waals surface area contributed by atoms with Crippen molar-refractivity contribution in [2.45, 2.75) is 63.4 Å². The molecule has 170 valence electrons. The maximum Gasteiger partial charge on any atom is 0.325 e. The molecule has 14 heteroatoms. The van der Waals surface area contributed by atoms with E-state index in [1.54, 1.807) is 0 Å². The number of aliphatic carboxylic acids is 1. The smallest absolute Gasteiger partial charge is 0.325 e. The van der Waals surface area contributed by atoms with Gasteiger partial charge in [0.25, 0.3) is 0 Å². The van der Waals surface area contributed by atoms with Crippen molar-refractivity contribution < 1.29 is 39.0 Å². The normalized spacial score (nSPS) is 15.6. The molecular weight excluding hydrogens is 404 g/mol. The van der Waals surface area contributed by atoms with Crippen LogP contribution in [0.2, 0.25) is 0 Å². The Bertz CT molecular complexity index is 683. The van der Waals surface area contributed by atoms with Crippen LogP contribution < -0.4 is 33.2 Å². The van der Waals surface area contributed by atoms with Crippen molar-refractivity contribution in [3.63, 3.8) is 0 Å². The SMILES string of the molecule is CC(NC(=O)C(NC(=O)C(CCC(N)=O)NC(=O)C(N)CC(N)=O)C(C)O)C(=O)O. The number of primary amides is 2. The van der Waals surface area contributed by atoms with E-state index in [0.717, 1.165) is 0 Å². The molecule has 0 saturated carbocycles. The first kappa shape index (κ1) is 26.7. The van der Waals surface area contributed by atoms with Gasteiger partial charge in [0.2, 0.25) is 29.5 Å². The quantitative estimate of drug-likeness (QED) is 0.139. The van der Waals surface area contributed by atoms with E-state index in [9.17, 15) is 33.9 Å². The second-order valence-electron chi connectivity index (χ2n) is 6.64. The molecule has 0 aliphatic carbocycles. The van der Waals surface area contributed by atoms with E-state index in [0.29, 0.717) is 0 Å².